The predicted molar refractivity (Wildman–Crippen MR) is 72.3 cm³/mol. The molecule has 106 valence electrons. The Balaban J connectivity index is 1.76. The Morgan fingerprint density at radius 2 is 1.75 bits per heavy atom. The molecule has 1 aromatic carbocycles. The molecule has 5 nitrogen and oxygen atoms in total. The van der Waals surface area contributed by atoms with Gasteiger partial charge in [-0.3, -0.25) is 9.59 Å². The molecule has 0 unspecified atom stereocenters. The number of carboxylic acids is 1. The van der Waals surface area contributed by atoms with Gasteiger partial charge in [-0.15, -0.1) is 0 Å². The lowest BCUT2D eigenvalue weighted by Crippen LogP contribution is -2.40. The highest BCUT2D eigenvalue weighted by Crippen LogP contribution is 2.44. The number of hydrogen-bond acceptors (Lipinski definition) is 3. The monoisotopic (exact) mass is 275 g/mol. The largest absolute Gasteiger partial charge is 0.481 e. The van der Waals surface area contributed by atoms with Crippen LogP contribution in [0.3, 0.4) is 0 Å². The molecule has 20 heavy (non-hydrogen) atoms. The van der Waals surface area contributed by atoms with Gasteiger partial charge in [-0.05, 0) is 31.9 Å². The highest BCUT2D eigenvalue weighted by atomic mass is 16.5. The van der Waals surface area contributed by atoms with Gasteiger partial charge in [0.05, 0.1) is 24.0 Å². The lowest BCUT2D eigenvalue weighted by atomic mass is 9.78. The molecular formula is C15H17NO4. The van der Waals surface area contributed by atoms with E-state index in [1.54, 1.807) is 0 Å². The fourth-order valence-corrected chi connectivity index (χ4v) is 3.19. The van der Waals surface area contributed by atoms with Gasteiger partial charge in [-0.2, -0.15) is 0 Å². The van der Waals surface area contributed by atoms with Crippen LogP contribution in [-0.2, 0) is 14.3 Å². The number of carbonyl (C=O) groups excluding carboxylic acids is 1. The van der Waals surface area contributed by atoms with E-state index in [1.807, 2.05) is 31.2 Å². The van der Waals surface area contributed by atoms with E-state index in [0.717, 1.165) is 18.4 Å². The van der Waals surface area contributed by atoms with Crippen LogP contribution >= 0.6 is 0 Å². The van der Waals surface area contributed by atoms with Gasteiger partial charge in [0.25, 0.3) is 0 Å². The number of aryl methyl sites for hydroxylation is 1. The fraction of sp³-hybridized carbons (Fsp3) is 0.467. The van der Waals surface area contributed by atoms with Gasteiger partial charge in [-0.25, -0.2) is 0 Å². The van der Waals surface area contributed by atoms with E-state index in [9.17, 15) is 14.7 Å². The van der Waals surface area contributed by atoms with Gasteiger partial charge < -0.3 is 15.2 Å². The molecule has 2 fully saturated rings. The summed E-state index contributed by atoms with van der Waals surface area (Å²) in [6.07, 6.45) is 0.925. The Labute approximate surface area is 116 Å². The Morgan fingerprint density at radius 1 is 1.15 bits per heavy atom. The molecule has 2 heterocycles. The van der Waals surface area contributed by atoms with E-state index in [1.165, 1.54) is 0 Å². The number of aliphatic carboxylic acids is 1. The number of carboxylic acid groups (broad SMARTS) is 1. The van der Waals surface area contributed by atoms with Crippen LogP contribution in [0.2, 0.25) is 0 Å². The van der Waals surface area contributed by atoms with Crippen molar-refractivity contribution < 1.29 is 19.4 Å². The van der Waals surface area contributed by atoms with Crippen LogP contribution in [0.5, 0.6) is 0 Å². The van der Waals surface area contributed by atoms with Gasteiger partial charge in [0.2, 0.25) is 5.91 Å². The third kappa shape index (κ3) is 2.18. The zero-order chi connectivity index (χ0) is 14.3. The number of fused-ring (bicyclic) bond motifs is 2. The molecule has 1 aromatic rings. The zero-order valence-corrected chi connectivity index (χ0v) is 11.2. The summed E-state index contributed by atoms with van der Waals surface area (Å²) >= 11 is 0. The second-order valence-electron chi connectivity index (χ2n) is 5.54. The number of anilines is 1. The normalized spacial score (nSPS) is 31.2. The summed E-state index contributed by atoms with van der Waals surface area (Å²) in [6.45, 7) is 1.97. The maximum Gasteiger partial charge on any atom is 0.310 e. The number of hydrogen-bond donors (Lipinski definition) is 2. The van der Waals surface area contributed by atoms with Gasteiger partial charge >= 0.3 is 5.97 Å². The second kappa shape index (κ2) is 4.90. The van der Waals surface area contributed by atoms with Crippen LogP contribution < -0.4 is 5.32 Å². The predicted octanol–water partition coefficient (Wildman–Crippen LogP) is 1.81. The third-order valence-corrected chi connectivity index (χ3v) is 4.18. The summed E-state index contributed by atoms with van der Waals surface area (Å²) in [5, 5.41) is 12.1. The lowest BCUT2D eigenvalue weighted by molar-refractivity contribution is -0.147. The van der Waals surface area contributed by atoms with Crippen molar-refractivity contribution in [3.63, 3.8) is 0 Å². The highest BCUT2D eigenvalue weighted by Gasteiger charge is 2.55. The van der Waals surface area contributed by atoms with Crippen LogP contribution in [0, 0.1) is 18.8 Å². The average molecular weight is 275 g/mol. The summed E-state index contributed by atoms with van der Waals surface area (Å²) in [5.74, 6) is -2.51. The fourth-order valence-electron chi connectivity index (χ4n) is 3.19. The van der Waals surface area contributed by atoms with Gasteiger partial charge in [0, 0.05) is 5.69 Å². The molecule has 5 heteroatoms. The molecule has 1 amide bonds. The lowest BCUT2D eigenvalue weighted by Gasteiger charge is -2.23. The number of amides is 1. The SMILES string of the molecule is Cc1ccc(NC(=O)[C@@H]2[C@H](C(=O)O)[C@H]3CC[C@@H]2O3)cc1. The number of carbonyl (C=O) groups is 2. The minimum Gasteiger partial charge on any atom is -0.481 e. The standard InChI is InChI=1S/C15H17NO4/c1-8-2-4-9(5-3-8)16-14(17)12-10-6-7-11(20-10)13(12)15(18)19/h2-5,10-13H,6-7H2,1H3,(H,16,17)(H,18,19)/t10-,11+,12-,13+/m0/s1. The van der Waals surface area contributed by atoms with Crippen LogP contribution in [0.25, 0.3) is 0 Å². The van der Waals surface area contributed by atoms with E-state index in [4.69, 9.17) is 4.74 Å². The molecule has 2 bridgehead atoms. The first-order valence-electron chi connectivity index (χ1n) is 6.82. The number of benzene rings is 1. The molecule has 2 saturated heterocycles. The van der Waals surface area contributed by atoms with Crippen LogP contribution in [-0.4, -0.2) is 29.2 Å². The van der Waals surface area contributed by atoms with E-state index in [2.05, 4.69) is 5.32 Å². The van der Waals surface area contributed by atoms with Crippen molar-refractivity contribution in [2.24, 2.45) is 11.8 Å². The molecule has 0 aliphatic carbocycles. The first-order chi connectivity index (χ1) is 9.56. The summed E-state index contributed by atoms with van der Waals surface area (Å²) in [7, 11) is 0. The zero-order valence-electron chi connectivity index (χ0n) is 11.2. The van der Waals surface area contributed by atoms with Crippen LogP contribution in [0.15, 0.2) is 24.3 Å². The smallest absolute Gasteiger partial charge is 0.310 e. The number of nitrogens with one attached hydrogen (secondary N) is 1. The highest BCUT2D eigenvalue weighted by molar-refractivity contribution is 5.96. The van der Waals surface area contributed by atoms with Crippen molar-refractivity contribution in [1.29, 1.82) is 0 Å². The summed E-state index contributed by atoms with van der Waals surface area (Å²) in [4.78, 5) is 23.7. The molecule has 2 aliphatic rings. The first kappa shape index (κ1) is 13.1. The van der Waals surface area contributed by atoms with Crippen molar-refractivity contribution in [3.8, 4) is 0 Å². The quantitative estimate of drug-likeness (QED) is 0.882. The van der Waals surface area contributed by atoms with E-state index in [0.29, 0.717) is 5.69 Å². The molecule has 0 saturated carbocycles. The summed E-state index contributed by atoms with van der Waals surface area (Å²) in [6, 6.07) is 7.44. The Kier molecular flexibility index (Phi) is 3.22. The Bertz CT molecular complexity index is 539. The number of ether oxygens (including phenoxy) is 1. The maximum atomic E-state index is 12.3. The maximum absolute atomic E-state index is 12.3. The number of rotatable bonds is 3. The van der Waals surface area contributed by atoms with Crippen molar-refractivity contribution in [2.45, 2.75) is 32.0 Å². The second-order valence-corrected chi connectivity index (χ2v) is 5.54. The summed E-state index contributed by atoms with van der Waals surface area (Å²) in [5.41, 5.74) is 1.79. The van der Waals surface area contributed by atoms with Gasteiger partial charge in [-0.1, -0.05) is 17.7 Å². The molecule has 0 radical (unpaired) electrons. The topological polar surface area (TPSA) is 75.6 Å². The molecule has 4 atom stereocenters. The van der Waals surface area contributed by atoms with Crippen molar-refractivity contribution in [1.82, 2.24) is 0 Å². The van der Waals surface area contributed by atoms with Crippen molar-refractivity contribution in [2.75, 3.05) is 5.32 Å². The van der Waals surface area contributed by atoms with Crippen molar-refractivity contribution in [3.05, 3.63) is 29.8 Å². The van der Waals surface area contributed by atoms with Gasteiger partial charge in [0.1, 0.15) is 0 Å². The molecule has 3 rings (SSSR count). The average Bonchev–Trinajstić information content (AvgIpc) is 3.01. The Morgan fingerprint density at radius 3 is 2.35 bits per heavy atom. The van der Waals surface area contributed by atoms with Crippen LogP contribution in [0.1, 0.15) is 18.4 Å². The van der Waals surface area contributed by atoms with Crippen molar-refractivity contribution >= 4 is 17.6 Å². The Hall–Kier alpha value is -1.88. The molecule has 0 aromatic heterocycles. The minimum absolute atomic E-state index is 0.256. The van der Waals surface area contributed by atoms with E-state index >= 15 is 0 Å². The molecule has 0 spiro atoms. The van der Waals surface area contributed by atoms with E-state index < -0.39 is 17.8 Å². The third-order valence-electron chi connectivity index (χ3n) is 4.18. The first-order valence-corrected chi connectivity index (χ1v) is 6.82. The molecule has 2 aliphatic heterocycles. The minimum atomic E-state index is -0.943. The van der Waals surface area contributed by atoms with Gasteiger partial charge in [0.15, 0.2) is 0 Å². The summed E-state index contributed by atoms with van der Waals surface area (Å²) < 4.78 is 5.60. The molecule has 2 N–H and O–H groups in total. The van der Waals surface area contributed by atoms with Crippen LogP contribution in [0.4, 0.5) is 5.69 Å². The molecular weight excluding hydrogens is 258 g/mol. The van der Waals surface area contributed by atoms with E-state index in [-0.39, 0.29) is 18.1 Å².